The van der Waals surface area contributed by atoms with Crippen molar-refractivity contribution >= 4 is 22.9 Å². The zero-order valence-electron chi connectivity index (χ0n) is 11.5. The molecule has 0 spiro atoms. The predicted octanol–water partition coefficient (Wildman–Crippen LogP) is 1.69. The van der Waals surface area contributed by atoms with Gasteiger partial charge in [-0.25, -0.2) is 0 Å². The first-order valence-electron chi connectivity index (χ1n) is 6.35. The molecule has 0 radical (unpaired) electrons. The summed E-state index contributed by atoms with van der Waals surface area (Å²) in [5.41, 5.74) is -4.10. The van der Waals surface area contributed by atoms with E-state index in [2.05, 4.69) is 0 Å². The Morgan fingerprint density at radius 3 is 2.04 bits per heavy atom. The molecule has 3 rings (SSSR count). The summed E-state index contributed by atoms with van der Waals surface area (Å²) in [5.74, 6) is -3.18. The van der Waals surface area contributed by atoms with Crippen LogP contribution in [0.15, 0.2) is 24.3 Å². The largest absolute Gasteiger partial charge is 0.508 e. The third kappa shape index (κ3) is 1.90. The van der Waals surface area contributed by atoms with Gasteiger partial charge in [0.15, 0.2) is 5.78 Å². The number of carbonyl (C=O) groups is 2. The Labute approximate surface area is 131 Å². The maximum Gasteiger partial charge on any atom is 0.357 e. The van der Waals surface area contributed by atoms with Crippen LogP contribution >= 0.6 is 0 Å². The van der Waals surface area contributed by atoms with Crippen molar-refractivity contribution in [3.8, 4) is 11.5 Å². The number of ketones is 2. The Bertz CT molecular complexity index is 979. The van der Waals surface area contributed by atoms with Crippen molar-refractivity contribution < 1.29 is 29.6 Å². The van der Waals surface area contributed by atoms with Gasteiger partial charge in [-0.3, -0.25) is 29.8 Å². The zero-order chi connectivity index (χ0) is 17.8. The fourth-order valence-electron chi connectivity index (χ4n) is 2.63. The van der Waals surface area contributed by atoms with E-state index >= 15 is 0 Å². The standard InChI is InChI=1S/C14H6N2O8/c17-5-3-7-10(9(18)4-5)13(19)6-1-2-8(15(21)22)12(16(23)24)11(6)14(7)20/h1-4,17-18H. The normalized spacial score (nSPS) is 12.5. The molecule has 2 aromatic rings. The minimum absolute atomic E-state index is 0.423. The fourth-order valence-corrected chi connectivity index (χ4v) is 2.63. The first-order chi connectivity index (χ1) is 11.2. The number of benzene rings is 2. The minimum Gasteiger partial charge on any atom is -0.508 e. The molecule has 10 nitrogen and oxygen atoms in total. The highest BCUT2D eigenvalue weighted by Gasteiger charge is 2.42. The highest BCUT2D eigenvalue weighted by molar-refractivity contribution is 6.31. The number of hydrogen-bond acceptors (Lipinski definition) is 8. The molecule has 0 fully saturated rings. The number of rotatable bonds is 2. The quantitative estimate of drug-likeness (QED) is 0.530. The third-order valence-electron chi connectivity index (χ3n) is 3.58. The second-order valence-electron chi connectivity index (χ2n) is 4.92. The number of aromatic hydroxyl groups is 2. The SMILES string of the molecule is O=C1c2ccc([N+](=O)[O-])c([N+](=O)[O-])c2C(=O)c2cc(O)cc(O)c21. The van der Waals surface area contributed by atoms with Gasteiger partial charge in [-0.15, -0.1) is 0 Å². The van der Waals surface area contributed by atoms with Gasteiger partial charge in [0.05, 0.1) is 15.4 Å². The monoisotopic (exact) mass is 330 g/mol. The Hall–Kier alpha value is -3.82. The van der Waals surface area contributed by atoms with Gasteiger partial charge in [-0.1, -0.05) is 0 Å². The van der Waals surface area contributed by atoms with Crippen LogP contribution in [-0.2, 0) is 0 Å². The summed E-state index contributed by atoms with van der Waals surface area (Å²) in [6.45, 7) is 0. The molecule has 1 aliphatic carbocycles. The number of phenols is 2. The van der Waals surface area contributed by atoms with E-state index in [1.165, 1.54) is 0 Å². The van der Waals surface area contributed by atoms with E-state index in [0.29, 0.717) is 0 Å². The van der Waals surface area contributed by atoms with Gasteiger partial charge in [0, 0.05) is 23.3 Å². The summed E-state index contributed by atoms with van der Waals surface area (Å²) in [7, 11) is 0. The second-order valence-corrected chi connectivity index (χ2v) is 4.92. The number of hydrogen-bond donors (Lipinski definition) is 2. The Morgan fingerprint density at radius 1 is 0.833 bits per heavy atom. The zero-order valence-corrected chi connectivity index (χ0v) is 11.5. The Kier molecular flexibility index (Phi) is 3.04. The van der Waals surface area contributed by atoms with Crippen LogP contribution in [0.4, 0.5) is 11.4 Å². The van der Waals surface area contributed by atoms with Crippen LogP contribution in [0.5, 0.6) is 11.5 Å². The van der Waals surface area contributed by atoms with Crippen molar-refractivity contribution in [3.63, 3.8) is 0 Å². The molecule has 0 aliphatic heterocycles. The molecule has 0 saturated carbocycles. The van der Waals surface area contributed by atoms with E-state index in [-0.39, 0.29) is 0 Å². The highest BCUT2D eigenvalue weighted by Crippen LogP contribution is 2.41. The number of fused-ring (bicyclic) bond motifs is 2. The van der Waals surface area contributed by atoms with Crippen LogP contribution in [-0.4, -0.2) is 31.6 Å². The molecule has 0 atom stereocenters. The smallest absolute Gasteiger partial charge is 0.357 e. The number of carbonyl (C=O) groups excluding carboxylic acids is 2. The van der Waals surface area contributed by atoms with Gasteiger partial charge in [-0.2, -0.15) is 0 Å². The number of nitro benzene ring substituents is 2. The summed E-state index contributed by atoms with van der Waals surface area (Å²) in [4.78, 5) is 45.1. The molecule has 2 aromatic carbocycles. The van der Waals surface area contributed by atoms with Crippen LogP contribution < -0.4 is 0 Å². The lowest BCUT2D eigenvalue weighted by Gasteiger charge is -2.18. The van der Waals surface area contributed by atoms with Crippen LogP contribution in [0, 0.1) is 20.2 Å². The van der Waals surface area contributed by atoms with Crippen LogP contribution in [0.2, 0.25) is 0 Å². The van der Waals surface area contributed by atoms with Gasteiger partial charge in [-0.05, 0) is 12.1 Å². The van der Waals surface area contributed by atoms with Gasteiger partial charge >= 0.3 is 11.4 Å². The van der Waals surface area contributed by atoms with Crippen molar-refractivity contribution in [2.45, 2.75) is 0 Å². The van der Waals surface area contributed by atoms with E-state index in [0.717, 1.165) is 24.3 Å². The molecule has 2 N–H and O–H groups in total. The molecule has 0 aromatic heterocycles. The van der Waals surface area contributed by atoms with Gasteiger partial charge in [0.25, 0.3) is 0 Å². The number of phenolic OH excluding ortho intramolecular Hbond substituents is 2. The maximum absolute atomic E-state index is 12.6. The maximum atomic E-state index is 12.6. The van der Waals surface area contributed by atoms with Crippen molar-refractivity contribution in [2.75, 3.05) is 0 Å². The molecule has 1 aliphatic rings. The molecule has 10 heteroatoms. The predicted molar refractivity (Wildman–Crippen MR) is 76.4 cm³/mol. The van der Waals surface area contributed by atoms with E-state index in [1.54, 1.807) is 0 Å². The highest BCUT2D eigenvalue weighted by atomic mass is 16.6. The van der Waals surface area contributed by atoms with E-state index in [1.807, 2.05) is 0 Å². The molecule has 0 heterocycles. The second kappa shape index (κ2) is 4.84. The molecule has 0 bridgehead atoms. The summed E-state index contributed by atoms with van der Waals surface area (Å²) < 4.78 is 0. The van der Waals surface area contributed by atoms with E-state index in [4.69, 9.17) is 0 Å². The van der Waals surface area contributed by atoms with Gasteiger partial charge in [0.2, 0.25) is 5.78 Å². The summed E-state index contributed by atoms with van der Waals surface area (Å²) in [6, 6.07) is 3.39. The summed E-state index contributed by atoms with van der Waals surface area (Å²) in [5, 5.41) is 41.5. The van der Waals surface area contributed by atoms with Crippen LogP contribution in [0.1, 0.15) is 31.8 Å². The Morgan fingerprint density at radius 2 is 1.46 bits per heavy atom. The molecule has 24 heavy (non-hydrogen) atoms. The van der Waals surface area contributed by atoms with Crippen molar-refractivity contribution in [1.82, 2.24) is 0 Å². The van der Waals surface area contributed by atoms with Crippen LogP contribution in [0.25, 0.3) is 0 Å². The van der Waals surface area contributed by atoms with Crippen molar-refractivity contribution in [2.24, 2.45) is 0 Å². The summed E-state index contributed by atoms with van der Waals surface area (Å²) in [6.07, 6.45) is 0. The molecular weight excluding hydrogens is 324 g/mol. The van der Waals surface area contributed by atoms with Crippen molar-refractivity contribution in [3.05, 3.63) is 66.7 Å². The van der Waals surface area contributed by atoms with Crippen LogP contribution in [0.3, 0.4) is 0 Å². The molecule has 120 valence electrons. The lowest BCUT2D eigenvalue weighted by atomic mass is 9.82. The van der Waals surface area contributed by atoms with Gasteiger partial charge in [0.1, 0.15) is 17.1 Å². The number of nitrogens with zero attached hydrogens (tertiary/aromatic N) is 2. The fraction of sp³-hybridized carbons (Fsp3) is 0. The lowest BCUT2D eigenvalue weighted by molar-refractivity contribution is -0.422. The van der Waals surface area contributed by atoms with Crippen molar-refractivity contribution in [1.29, 1.82) is 0 Å². The minimum atomic E-state index is -1.12. The molecule has 0 saturated heterocycles. The average Bonchev–Trinajstić information content (AvgIpc) is 2.50. The molecular formula is C14H6N2O8. The Balaban J connectivity index is 2.43. The van der Waals surface area contributed by atoms with E-state index in [9.17, 15) is 40.0 Å². The first-order valence-corrected chi connectivity index (χ1v) is 6.35. The first kappa shape index (κ1) is 15.1. The third-order valence-corrected chi connectivity index (χ3v) is 3.58. The van der Waals surface area contributed by atoms with Gasteiger partial charge < -0.3 is 10.2 Å². The topological polar surface area (TPSA) is 161 Å². The van der Waals surface area contributed by atoms with E-state index < -0.39 is 66.5 Å². The molecule has 0 unspecified atom stereocenters. The lowest BCUT2D eigenvalue weighted by Crippen LogP contribution is -2.23. The average molecular weight is 330 g/mol. The summed E-state index contributed by atoms with van der Waals surface area (Å²) >= 11 is 0. The molecule has 0 amide bonds. The number of nitro groups is 2.